The number of nitrogens with zero attached hydrogens (tertiary/aromatic N) is 1. The van der Waals surface area contributed by atoms with Crippen molar-refractivity contribution in [1.29, 1.82) is 0 Å². The van der Waals surface area contributed by atoms with Crippen molar-refractivity contribution in [2.24, 2.45) is 0 Å². The van der Waals surface area contributed by atoms with Crippen molar-refractivity contribution in [3.8, 4) is 0 Å². The largest absolute Gasteiger partial charge is 0.465 e. The fraction of sp³-hybridized carbons (Fsp3) is 0.250. The highest BCUT2D eigenvalue weighted by molar-refractivity contribution is 5.76. The number of anilines is 1. The van der Waals surface area contributed by atoms with E-state index in [1.54, 1.807) is 6.92 Å². The number of aliphatic hydroxyl groups is 1. The predicted octanol–water partition coefficient (Wildman–Crippen LogP) is 3.12. The molecule has 2 rings (SSSR count). The van der Waals surface area contributed by atoms with Gasteiger partial charge in [0.05, 0.1) is 17.6 Å². The van der Waals surface area contributed by atoms with E-state index < -0.39 is 23.0 Å². The van der Waals surface area contributed by atoms with Gasteiger partial charge in [-0.1, -0.05) is 24.8 Å². The molecule has 0 aromatic heterocycles. The van der Waals surface area contributed by atoms with Gasteiger partial charge in [0.2, 0.25) is 0 Å². The Bertz CT molecular complexity index is 808. The Labute approximate surface area is 163 Å². The summed E-state index contributed by atoms with van der Waals surface area (Å²) in [5.41, 5.74) is 7.35. The molecule has 0 radical (unpaired) electrons. The van der Waals surface area contributed by atoms with Crippen LogP contribution in [-0.4, -0.2) is 28.6 Å². The van der Waals surface area contributed by atoms with E-state index in [1.165, 1.54) is 24.3 Å². The number of hydrogen-bond acceptors (Lipinski definition) is 7. The quantitative estimate of drug-likeness (QED) is 0.249. The molecule has 2 aromatic carbocycles. The highest BCUT2D eigenvalue weighted by atomic mass is 16.6. The summed E-state index contributed by atoms with van der Waals surface area (Å²) in [4.78, 5) is 22.5. The van der Waals surface area contributed by atoms with Crippen molar-refractivity contribution in [2.75, 3.05) is 12.0 Å². The fourth-order valence-electron chi connectivity index (χ4n) is 2.52. The minimum Gasteiger partial charge on any atom is -0.465 e. The number of esters is 1. The Hall–Kier alpha value is -3.23. The Kier molecular flexibility index (Phi) is 7.67. The lowest BCUT2D eigenvalue weighted by Gasteiger charge is -2.22. The predicted molar refractivity (Wildman–Crippen MR) is 105 cm³/mol. The van der Waals surface area contributed by atoms with E-state index in [2.05, 4.69) is 17.4 Å². The number of nitrogens with one attached hydrogen (secondary N) is 2. The molecule has 0 aliphatic heterocycles. The third kappa shape index (κ3) is 5.90. The molecule has 0 saturated carbocycles. The summed E-state index contributed by atoms with van der Waals surface area (Å²) in [6.07, 6.45) is -0.965. The molecular formula is C20H23N3O5. The summed E-state index contributed by atoms with van der Waals surface area (Å²) in [5, 5.41) is 21.2. The molecule has 0 aliphatic rings. The second kappa shape index (κ2) is 10.2. The van der Waals surface area contributed by atoms with Gasteiger partial charge in [-0.15, -0.1) is 0 Å². The van der Waals surface area contributed by atoms with Crippen molar-refractivity contribution in [3.63, 3.8) is 0 Å². The minimum absolute atomic E-state index is 0.0697. The van der Waals surface area contributed by atoms with Crippen LogP contribution in [0.4, 0.5) is 11.4 Å². The smallest absolute Gasteiger partial charge is 0.325 e. The highest BCUT2D eigenvalue weighted by Crippen LogP contribution is 2.25. The summed E-state index contributed by atoms with van der Waals surface area (Å²) < 4.78 is 5.08. The van der Waals surface area contributed by atoms with Gasteiger partial charge in [-0.3, -0.25) is 14.9 Å². The minimum atomic E-state index is -1.07. The van der Waals surface area contributed by atoms with Crippen molar-refractivity contribution in [2.45, 2.75) is 25.5 Å². The van der Waals surface area contributed by atoms with E-state index in [0.29, 0.717) is 11.1 Å². The maximum atomic E-state index is 12.3. The molecule has 0 aliphatic carbocycles. The second-order valence-corrected chi connectivity index (χ2v) is 6.05. The molecule has 8 heteroatoms. The van der Waals surface area contributed by atoms with Crippen LogP contribution >= 0.6 is 0 Å². The molecule has 0 heterocycles. The van der Waals surface area contributed by atoms with Crippen LogP contribution in [-0.2, 0) is 9.53 Å². The van der Waals surface area contributed by atoms with Crippen LogP contribution < -0.4 is 10.9 Å². The number of rotatable bonds is 10. The first-order valence-corrected chi connectivity index (χ1v) is 8.75. The van der Waals surface area contributed by atoms with Crippen LogP contribution in [0.25, 0.3) is 0 Å². The molecule has 2 aromatic rings. The van der Waals surface area contributed by atoms with E-state index >= 15 is 0 Å². The topological polar surface area (TPSA) is 114 Å². The van der Waals surface area contributed by atoms with E-state index in [0.717, 1.165) is 5.69 Å². The van der Waals surface area contributed by atoms with Crippen LogP contribution in [0.1, 0.15) is 25.0 Å². The van der Waals surface area contributed by atoms with Gasteiger partial charge in [0, 0.05) is 17.8 Å². The third-order valence-electron chi connectivity index (χ3n) is 4.01. The van der Waals surface area contributed by atoms with Gasteiger partial charge in [-0.25, -0.2) is 5.43 Å². The number of nitro benzene ring substituents is 1. The zero-order valence-corrected chi connectivity index (χ0v) is 15.5. The first-order chi connectivity index (χ1) is 13.4. The summed E-state index contributed by atoms with van der Waals surface area (Å²) in [5.74, 6) is -0.483. The third-order valence-corrected chi connectivity index (χ3v) is 4.01. The first-order valence-electron chi connectivity index (χ1n) is 8.75. The Morgan fingerprint density at radius 3 is 2.43 bits per heavy atom. The summed E-state index contributed by atoms with van der Waals surface area (Å²) in [6.45, 7) is 5.80. The van der Waals surface area contributed by atoms with Crippen molar-refractivity contribution < 1.29 is 19.6 Å². The Balaban J connectivity index is 2.05. The van der Waals surface area contributed by atoms with E-state index in [-0.39, 0.29) is 18.7 Å². The van der Waals surface area contributed by atoms with E-state index in [4.69, 9.17) is 4.74 Å². The lowest BCUT2D eigenvalue weighted by molar-refractivity contribution is -0.384. The van der Waals surface area contributed by atoms with Crippen LogP contribution in [0.15, 0.2) is 66.7 Å². The Morgan fingerprint density at radius 2 is 1.86 bits per heavy atom. The lowest BCUT2D eigenvalue weighted by atomic mass is 9.97. The van der Waals surface area contributed by atoms with Gasteiger partial charge in [-0.2, -0.15) is 0 Å². The van der Waals surface area contributed by atoms with Gasteiger partial charge in [-0.05, 0) is 48.7 Å². The average molecular weight is 385 g/mol. The van der Waals surface area contributed by atoms with E-state index in [1.807, 2.05) is 30.3 Å². The number of para-hydroxylation sites is 1. The number of aliphatic hydroxyl groups excluding tert-OH is 1. The number of hydrazine groups is 1. The number of ether oxygens (including phenoxy) is 1. The molecule has 8 nitrogen and oxygen atoms in total. The molecule has 2 unspecified atom stereocenters. The maximum absolute atomic E-state index is 12.3. The van der Waals surface area contributed by atoms with Crippen molar-refractivity contribution in [1.82, 2.24) is 5.43 Å². The number of non-ortho nitro benzene ring substituents is 1. The van der Waals surface area contributed by atoms with Gasteiger partial charge in [0.1, 0.15) is 6.04 Å². The normalized spacial score (nSPS) is 12.6. The summed E-state index contributed by atoms with van der Waals surface area (Å²) in [6, 6.07) is 14.0. The fourth-order valence-corrected chi connectivity index (χ4v) is 2.52. The zero-order valence-electron chi connectivity index (χ0n) is 15.5. The molecule has 0 amide bonds. The van der Waals surface area contributed by atoms with Crippen molar-refractivity contribution in [3.05, 3.63) is 82.4 Å². The van der Waals surface area contributed by atoms with Crippen LogP contribution in [0.3, 0.4) is 0 Å². The second-order valence-electron chi connectivity index (χ2n) is 6.05. The molecule has 0 fully saturated rings. The van der Waals surface area contributed by atoms with Gasteiger partial charge >= 0.3 is 5.97 Å². The first kappa shape index (κ1) is 21.1. The number of carbonyl (C=O) groups excluding carboxylic acids is 1. The van der Waals surface area contributed by atoms with Crippen LogP contribution in [0.5, 0.6) is 0 Å². The maximum Gasteiger partial charge on any atom is 0.325 e. The number of carbonyl (C=O) groups is 1. The van der Waals surface area contributed by atoms with E-state index in [9.17, 15) is 20.0 Å². The molecule has 28 heavy (non-hydrogen) atoms. The SMILES string of the molecule is C=C(CC(NNc1ccccc1)C(=O)OCC)C(O)c1ccc([N+](=O)[O-])cc1. The number of hydrogen-bond donors (Lipinski definition) is 3. The molecule has 0 bridgehead atoms. The molecule has 3 N–H and O–H groups in total. The molecule has 148 valence electrons. The molecule has 0 saturated heterocycles. The van der Waals surface area contributed by atoms with Gasteiger partial charge < -0.3 is 15.3 Å². The van der Waals surface area contributed by atoms with Crippen LogP contribution in [0.2, 0.25) is 0 Å². The molecular weight excluding hydrogens is 362 g/mol. The zero-order chi connectivity index (χ0) is 20.5. The van der Waals surface area contributed by atoms with Gasteiger partial charge in [0.15, 0.2) is 0 Å². The summed E-state index contributed by atoms with van der Waals surface area (Å²) in [7, 11) is 0. The molecule has 0 spiro atoms. The lowest BCUT2D eigenvalue weighted by Crippen LogP contribution is -2.42. The number of nitro groups is 1. The average Bonchev–Trinajstić information content (AvgIpc) is 2.71. The number of benzene rings is 2. The highest BCUT2D eigenvalue weighted by Gasteiger charge is 2.24. The van der Waals surface area contributed by atoms with Crippen LogP contribution in [0, 0.1) is 10.1 Å². The summed E-state index contributed by atoms with van der Waals surface area (Å²) >= 11 is 0. The Morgan fingerprint density at radius 1 is 1.21 bits per heavy atom. The standard InChI is InChI=1S/C20H23N3O5/c1-3-28-20(25)18(22-21-16-7-5-4-6-8-16)13-14(2)19(24)15-9-11-17(12-10-15)23(26)27/h4-12,18-19,21-22,24H,2-3,13H2,1H3. The monoisotopic (exact) mass is 385 g/mol. The van der Waals surface area contributed by atoms with Gasteiger partial charge in [0.25, 0.3) is 5.69 Å². The molecule has 2 atom stereocenters. The van der Waals surface area contributed by atoms with Crippen molar-refractivity contribution >= 4 is 17.3 Å².